The lowest BCUT2D eigenvalue weighted by molar-refractivity contribution is -0.127. The second-order valence-corrected chi connectivity index (χ2v) is 7.31. The number of amides is 1. The average Bonchev–Trinajstić information content (AvgIpc) is 3.02. The van der Waals surface area contributed by atoms with Crippen LogP contribution in [0, 0.1) is 12.7 Å². The van der Waals surface area contributed by atoms with Crippen LogP contribution in [0.25, 0.3) is 11.4 Å². The molecule has 0 saturated heterocycles. The van der Waals surface area contributed by atoms with Crippen molar-refractivity contribution in [2.45, 2.75) is 18.6 Å². The summed E-state index contributed by atoms with van der Waals surface area (Å²) in [6.45, 7) is 2.59. The number of halogens is 1. The summed E-state index contributed by atoms with van der Waals surface area (Å²) in [5.74, 6) is 0.330. The van der Waals surface area contributed by atoms with Gasteiger partial charge in [0, 0.05) is 20.6 Å². The fourth-order valence-corrected chi connectivity index (χ4v) is 3.46. The maximum absolute atomic E-state index is 14.0. The van der Waals surface area contributed by atoms with Gasteiger partial charge in [0.2, 0.25) is 5.91 Å². The van der Waals surface area contributed by atoms with Gasteiger partial charge in [-0.05, 0) is 24.6 Å². The first-order valence-electron chi connectivity index (χ1n) is 8.52. The standard InChI is InChI=1S/C20H21FN4OS/c1-14-8-10-15(11-9-14)12-24(2)18(26)13-27-20-23-22-19(25(20)3)16-6-4-5-7-17(16)21/h4-11H,12-13H2,1-3H3. The van der Waals surface area contributed by atoms with Gasteiger partial charge in [-0.3, -0.25) is 4.79 Å². The van der Waals surface area contributed by atoms with Crippen molar-refractivity contribution >= 4 is 17.7 Å². The molecule has 1 heterocycles. The molecule has 0 fully saturated rings. The molecular formula is C20H21FN4OS. The molecule has 7 heteroatoms. The van der Waals surface area contributed by atoms with Gasteiger partial charge in [-0.1, -0.05) is 53.7 Å². The number of hydrogen-bond donors (Lipinski definition) is 0. The van der Waals surface area contributed by atoms with Crippen molar-refractivity contribution in [3.8, 4) is 11.4 Å². The highest BCUT2D eigenvalue weighted by molar-refractivity contribution is 7.99. The van der Waals surface area contributed by atoms with E-state index in [2.05, 4.69) is 10.2 Å². The number of rotatable bonds is 6. The van der Waals surface area contributed by atoms with Crippen LogP contribution in [0.3, 0.4) is 0 Å². The fraction of sp³-hybridized carbons (Fsp3) is 0.250. The number of aromatic nitrogens is 3. The first-order chi connectivity index (χ1) is 13.0. The van der Waals surface area contributed by atoms with E-state index in [0.717, 1.165) is 5.56 Å². The molecule has 5 nitrogen and oxygen atoms in total. The maximum Gasteiger partial charge on any atom is 0.233 e. The molecule has 0 bridgehead atoms. The number of aryl methyl sites for hydroxylation is 1. The minimum absolute atomic E-state index is 0.00369. The Kier molecular flexibility index (Phi) is 5.91. The number of thioether (sulfide) groups is 1. The SMILES string of the molecule is Cc1ccc(CN(C)C(=O)CSc2nnc(-c3ccccc3F)n2C)cc1. The van der Waals surface area contributed by atoms with Gasteiger partial charge in [-0.2, -0.15) is 0 Å². The second kappa shape index (κ2) is 8.35. The zero-order valence-corrected chi connectivity index (χ0v) is 16.3. The maximum atomic E-state index is 14.0. The number of hydrogen-bond acceptors (Lipinski definition) is 4. The van der Waals surface area contributed by atoms with E-state index in [9.17, 15) is 9.18 Å². The van der Waals surface area contributed by atoms with Crippen LogP contribution >= 0.6 is 11.8 Å². The number of carbonyl (C=O) groups is 1. The largest absolute Gasteiger partial charge is 0.341 e. The van der Waals surface area contributed by atoms with Gasteiger partial charge < -0.3 is 9.47 Å². The van der Waals surface area contributed by atoms with E-state index >= 15 is 0 Å². The van der Waals surface area contributed by atoms with Crippen LogP contribution in [-0.4, -0.2) is 38.4 Å². The van der Waals surface area contributed by atoms with Crippen molar-refractivity contribution in [2.24, 2.45) is 7.05 Å². The Balaban J connectivity index is 1.62. The number of nitrogens with zero attached hydrogens (tertiary/aromatic N) is 4. The van der Waals surface area contributed by atoms with Gasteiger partial charge in [0.25, 0.3) is 0 Å². The summed E-state index contributed by atoms with van der Waals surface area (Å²) in [6, 6.07) is 14.6. The third-order valence-electron chi connectivity index (χ3n) is 4.24. The fourth-order valence-electron chi connectivity index (χ4n) is 2.61. The van der Waals surface area contributed by atoms with Gasteiger partial charge in [0.15, 0.2) is 11.0 Å². The Morgan fingerprint density at radius 1 is 1.15 bits per heavy atom. The van der Waals surface area contributed by atoms with Crippen molar-refractivity contribution in [1.29, 1.82) is 0 Å². The van der Waals surface area contributed by atoms with E-state index in [1.165, 1.54) is 23.4 Å². The molecular weight excluding hydrogens is 363 g/mol. The van der Waals surface area contributed by atoms with Crippen molar-refractivity contribution in [1.82, 2.24) is 19.7 Å². The predicted molar refractivity (Wildman–Crippen MR) is 105 cm³/mol. The van der Waals surface area contributed by atoms with Crippen molar-refractivity contribution < 1.29 is 9.18 Å². The molecule has 0 aliphatic carbocycles. The molecule has 0 aliphatic heterocycles. The van der Waals surface area contributed by atoms with Crippen LogP contribution < -0.4 is 0 Å². The van der Waals surface area contributed by atoms with Gasteiger partial charge in [0.05, 0.1) is 11.3 Å². The van der Waals surface area contributed by atoms with Crippen LogP contribution in [0.1, 0.15) is 11.1 Å². The number of benzene rings is 2. The normalized spacial score (nSPS) is 10.8. The summed E-state index contributed by atoms with van der Waals surface area (Å²) in [6.07, 6.45) is 0. The minimum atomic E-state index is -0.349. The summed E-state index contributed by atoms with van der Waals surface area (Å²) < 4.78 is 15.7. The van der Waals surface area contributed by atoms with Crippen LogP contribution in [-0.2, 0) is 18.4 Å². The molecule has 27 heavy (non-hydrogen) atoms. The van der Waals surface area contributed by atoms with Crippen LogP contribution in [0.15, 0.2) is 53.7 Å². The molecule has 0 aliphatic rings. The second-order valence-electron chi connectivity index (χ2n) is 6.37. The van der Waals surface area contributed by atoms with E-state index < -0.39 is 0 Å². The van der Waals surface area contributed by atoms with E-state index in [1.807, 2.05) is 31.2 Å². The van der Waals surface area contributed by atoms with Gasteiger partial charge in [-0.25, -0.2) is 4.39 Å². The molecule has 3 aromatic rings. The van der Waals surface area contributed by atoms with E-state index in [1.54, 1.807) is 41.8 Å². The smallest absolute Gasteiger partial charge is 0.233 e. The van der Waals surface area contributed by atoms with Crippen LogP contribution in [0.5, 0.6) is 0 Å². The summed E-state index contributed by atoms with van der Waals surface area (Å²) in [5, 5.41) is 8.74. The van der Waals surface area contributed by atoms with Gasteiger partial charge >= 0.3 is 0 Å². The summed E-state index contributed by atoms with van der Waals surface area (Å²) >= 11 is 1.29. The van der Waals surface area contributed by atoms with E-state index in [-0.39, 0.29) is 17.5 Å². The Morgan fingerprint density at radius 3 is 2.56 bits per heavy atom. The highest BCUT2D eigenvalue weighted by Crippen LogP contribution is 2.24. The zero-order chi connectivity index (χ0) is 19.4. The molecule has 1 amide bonds. The third kappa shape index (κ3) is 4.54. The highest BCUT2D eigenvalue weighted by atomic mass is 32.2. The predicted octanol–water partition coefficient (Wildman–Crippen LogP) is 3.68. The molecule has 0 unspecified atom stereocenters. The molecule has 2 aromatic carbocycles. The van der Waals surface area contributed by atoms with E-state index in [0.29, 0.717) is 23.1 Å². The lowest BCUT2D eigenvalue weighted by Crippen LogP contribution is -2.27. The molecule has 0 atom stereocenters. The summed E-state index contributed by atoms with van der Waals surface area (Å²) in [7, 11) is 3.55. The Morgan fingerprint density at radius 2 is 1.85 bits per heavy atom. The summed E-state index contributed by atoms with van der Waals surface area (Å²) in [5.41, 5.74) is 2.67. The molecule has 0 N–H and O–H groups in total. The molecule has 0 saturated carbocycles. The lowest BCUT2D eigenvalue weighted by Gasteiger charge is -2.17. The molecule has 0 spiro atoms. The third-order valence-corrected chi connectivity index (χ3v) is 5.25. The van der Waals surface area contributed by atoms with Crippen molar-refractivity contribution in [3.05, 3.63) is 65.5 Å². The van der Waals surface area contributed by atoms with Gasteiger partial charge in [-0.15, -0.1) is 10.2 Å². The lowest BCUT2D eigenvalue weighted by atomic mass is 10.1. The topological polar surface area (TPSA) is 51.0 Å². The van der Waals surface area contributed by atoms with Crippen LogP contribution in [0.4, 0.5) is 4.39 Å². The molecule has 1 aromatic heterocycles. The van der Waals surface area contributed by atoms with Crippen molar-refractivity contribution in [2.75, 3.05) is 12.8 Å². The average molecular weight is 384 g/mol. The Bertz CT molecular complexity index is 939. The highest BCUT2D eigenvalue weighted by Gasteiger charge is 2.16. The summed E-state index contributed by atoms with van der Waals surface area (Å²) in [4.78, 5) is 14.1. The molecule has 0 radical (unpaired) electrons. The minimum Gasteiger partial charge on any atom is -0.341 e. The first-order valence-corrected chi connectivity index (χ1v) is 9.51. The molecule has 3 rings (SSSR count). The van der Waals surface area contributed by atoms with Crippen LogP contribution in [0.2, 0.25) is 0 Å². The van der Waals surface area contributed by atoms with E-state index in [4.69, 9.17) is 0 Å². The Labute approximate surface area is 162 Å². The van der Waals surface area contributed by atoms with Crippen molar-refractivity contribution in [3.63, 3.8) is 0 Å². The monoisotopic (exact) mass is 384 g/mol. The molecule has 140 valence electrons. The Hall–Kier alpha value is -2.67. The quantitative estimate of drug-likeness (QED) is 0.609. The number of carbonyl (C=O) groups excluding carboxylic acids is 1. The first kappa shape index (κ1) is 19.1. The zero-order valence-electron chi connectivity index (χ0n) is 15.5. The van der Waals surface area contributed by atoms with Gasteiger partial charge in [0.1, 0.15) is 5.82 Å².